The molecule has 1 aliphatic rings. The standard InChI is InChI=1S/C23H25N5O2S2/c1-14-7-6-9-18(15(14)2)30-12-20-26-27-23(28(20)3)31-13-21(29)25-22-17(11-24)16-8-4-5-10-19(16)32-22/h6-7,9H,4-5,8,10,12-13H2,1-3H3,(H,25,29). The van der Waals surface area contributed by atoms with Gasteiger partial charge in [0.2, 0.25) is 5.91 Å². The molecule has 0 aliphatic heterocycles. The molecule has 1 N–H and O–H groups in total. The Morgan fingerprint density at radius 3 is 2.94 bits per heavy atom. The Bertz CT molecular complexity index is 1190. The van der Waals surface area contributed by atoms with E-state index in [2.05, 4.69) is 34.6 Å². The van der Waals surface area contributed by atoms with Crippen LogP contribution in [0.1, 0.15) is 45.8 Å². The highest BCUT2D eigenvalue weighted by Crippen LogP contribution is 2.37. The van der Waals surface area contributed by atoms with Crippen LogP contribution in [-0.4, -0.2) is 26.4 Å². The molecular formula is C23H25N5O2S2. The molecule has 1 amide bonds. The Labute approximate surface area is 195 Å². The van der Waals surface area contributed by atoms with E-state index in [0.29, 0.717) is 28.2 Å². The minimum Gasteiger partial charge on any atom is -0.485 e. The molecule has 9 heteroatoms. The molecule has 2 heterocycles. The summed E-state index contributed by atoms with van der Waals surface area (Å²) in [6.07, 6.45) is 4.16. The second kappa shape index (κ2) is 9.76. The molecule has 2 aromatic heterocycles. The van der Waals surface area contributed by atoms with Gasteiger partial charge in [0.15, 0.2) is 11.0 Å². The van der Waals surface area contributed by atoms with Crippen molar-refractivity contribution in [2.24, 2.45) is 7.05 Å². The number of amides is 1. The third kappa shape index (κ3) is 4.66. The lowest BCUT2D eigenvalue weighted by Gasteiger charge is -2.10. The van der Waals surface area contributed by atoms with Crippen LogP contribution in [0.3, 0.4) is 0 Å². The third-order valence-electron chi connectivity index (χ3n) is 5.71. The Kier molecular flexibility index (Phi) is 6.82. The summed E-state index contributed by atoms with van der Waals surface area (Å²) in [5.41, 5.74) is 4.03. The first-order valence-corrected chi connectivity index (χ1v) is 12.3. The van der Waals surface area contributed by atoms with Crippen LogP contribution in [0.15, 0.2) is 23.4 Å². The number of carbonyl (C=O) groups excluding carboxylic acids is 1. The molecule has 32 heavy (non-hydrogen) atoms. The highest BCUT2D eigenvalue weighted by atomic mass is 32.2. The number of hydrogen-bond donors (Lipinski definition) is 1. The summed E-state index contributed by atoms with van der Waals surface area (Å²) >= 11 is 2.85. The van der Waals surface area contributed by atoms with Crippen molar-refractivity contribution < 1.29 is 9.53 Å². The molecular weight excluding hydrogens is 442 g/mol. The van der Waals surface area contributed by atoms with E-state index in [1.807, 2.05) is 30.7 Å². The minimum atomic E-state index is -0.152. The number of fused-ring (bicyclic) bond motifs is 1. The second-order valence-electron chi connectivity index (χ2n) is 7.81. The first kappa shape index (κ1) is 22.4. The molecule has 166 valence electrons. The van der Waals surface area contributed by atoms with Crippen molar-refractivity contribution in [3.8, 4) is 11.8 Å². The van der Waals surface area contributed by atoms with E-state index in [4.69, 9.17) is 4.74 Å². The number of nitriles is 1. The van der Waals surface area contributed by atoms with Crippen molar-refractivity contribution in [1.29, 1.82) is 5.26 Å². The Morgan fingerprint density at radius 1 is 1.31 bits per heavy atom. The number of hydrogen-bond acceptors (Lipinski definition) is 7. The minimum absolute atomic E-state index is 0.152. The van der Waals surface area contributed by atoms with Crippen LogP contribution in [0.5, 0.6) is 5.75 Å². The first-order chi connectivity index (χ1) is 15.5. The number of benzene rings is 1. The summed E-state index contributed by atoms with van der Waals surface area (Å²) in [5, 5.41) is 22.2. The number of ether oxygens (including phenoxy) is 1. The number of thioether (sulfide) groups is 1. The van der Waals surface area contributed by atoms with Gasteiger partial charge >= 0.3 is 0 Å². The third-order valence-corrected chi connectivity index (χ3v) is 7.93. The van der Waals surface area contributed by atoms with Gasteiger partial charge in [-0.15, -0.1) is 21.5 Å². The lowest BCUT2D eigenvalue weighted by molar-refractivity contribution is -0.113. The average Bonchev–Trinajstić information content (AvgIpc) is 3.32. The highest BCUT2D eigenvalue weighted by Gasteiger charge is 2.22. The number of carbonyl (C=O) groups is 1. The van der Waals surface area contributed by atoms with Gasteiger partial charge in [-0.2, -0.15) is 5.26 Å². The Balaban J connectivity index is 1.35. The van der Waals surface area contributed by atoms with Crippen LogP contribution in [0.25, 0.3) is 0 Å². The summed E-state index contributed by atoms with van der Waals surface area (Å²) in [5.74, 6) is 1.55. The van der Waals surface area contributed by atoms with Crippen LogP contribution >= 0.6 is 23.1 Å². The monoisotopic (exact) mass is 467 g/mol. The fraction of sp³-hybridized carbons (Fsp3) is 0.391. The van der Waals surface area contributed by atoms with Crippen molar-refractivity contribution in [3.63, 3.8) is 0 Å². The molecule has 0 radical (unpaired) electrons. The van der Waals surface area contributed by atoms with Gasteiger partial charge in [0.25, 0.3) is 0 Å². The maximum Gasteiger partial charge on any atom is 0.235 e. The molecule has 0 saturated heterocycles. The van der Waals surface area contributed by atoms with Crippen LogP contribution in [0, 0.1) is 25.2 Å². The molecule has 0 spiro atoms. The maximum absolute atomic E-state index is 12.5. The van der Waals surface area contributed by atoms with Crippen molar-refractivity contribution >= 4 is 34.0 Å². The van der Waals surface area contributed by atoms with E-state index < -0.39 is 0 Å². The van der Waals surface area contributed by atoms with Gasteiger partial charge in [0.05, 0.1) is 11.3 Å². The number of thiophene rings is 1. The van der Waals surface area contributed by atoms with E-state index in [1.165, 1.54) is 33.5 Å². The predicted octanol–water partition coefficient (Wildman–Crippen LogP) is 4.55. The van der Waals surface area contributed by atoms with E-state index in [1.54, 1.807) is 0 Å². The molecule has 7 nitrogen and oxygen atoms in total. The Morgan fingerprint density at radius 2 is 2.12 bits per heavy atom. The lowest BCUT2D eigenvalue weighted by atomic mass is 9.96. The summed E-state index contributed by atoms with van der Waals surface area (Å²) in [6.45, 7) is 4.38. The fourth-order valence-electron chi connectivity index (χ4n) is 3.68. The average molecular weight is 468 g/mol. The number of aromatic nitrogens is 3. The Hall–Kier alpha value is -2.83. The van der Waals surface area contributed by atoms with Gasteiger partial charge < -0.3 is 14.6 Å². The quantitative estimate of drug-likeness (QED) is 0.512. The van der Waals surface area contributed by atoms with E-state index in [0.717, 1.165) is 42.6 Å². The molecule has 1 aromatic carbocycles. The smallest absolute Gasteiger partial charge is 0.235 e. The molecule has 3 aromatic rings. The van der Waals surface area contributed by atoms with Gasteiger partial charge in [0, 0.05) is 11.9 Å². The van der Waals surface area contributed by atoms with Crippen LogP contribution in [0.2, 0.25) is 0 Å². The zero-order valence-corrected chi connectivity index (χ0v) is 20.0. The van der Waals surface area contributed by atoms with E-state index >= 15 is 0 Å². The van der Waals surface area contributed by atoms with Crippen LogP contribution in [-0.2, 0) is 31.3 Å². The lowest BCUT2D eigenvalue weighted by Crippen LogP contribution is -2.14. The van der Waals surface area contributed by atoms with Crippen molar-refractivity contribution in [3.05, 3.63) is 51.2 Å². The summed E-state index contributed by atoms with van der Waals surface area (Å²) in [6, 6.07) is 8.24. The molecule has 0 unspecified atom stereocenters. The normalized spacial score (nSPS) is 12.8. The largest absolute Gasteiger partial charge is 0.485 e. The molecule has 4 rings (SSSR count). The second-order valence-corrected chi connectivity index (χ2v) is 9.86. The van der Waals surface area contributed by atoms with Gasteiger partial charge in [-0.1, -0.05) is 23.9 Å². The summed E-state index contributed by atoms with van der Waals surface area (Å²) < 4.78 is 7.77. The number of nitrogens with zero attached hydrogens (tertiary/aromatic N) is 4. The van der Waals surface area contributed by atoms with Crippen molar-refractivity contribution in [2.75, 3.05) is 11.1 Å². The summed E-state index contributed by atoms with van der Waals surface area (Å²) in [7, 11) is 1.86. The van der Waals surface area contributed by atoms with Crippen molar-refractivity contribution in [2.45, 2.75) is 51.3 Å². The molecule has 1 aliphatic carbocycles. The molecule has 0 atom stereocenters. The zero-order valence-electron chi connectivity index (χ0n) is 18.4. The summed E-state index contributed by atoms with van der Waals surface area (Å²) in [4.78, 5) is 13.8. The number of rotatable bonds is 7. The first-order valence-electron chi connectivity index (χ1n) is 10.5. The highest BCUT2D eigenvalue weighted by molar-refractivity contribution is 7.99. The maximum atomic E-state index is 12.5. The SMILES string of the molecule is Cc1cccc(OCc2nnc(SCC(=O)Nc3sc4c(c3C#N)CCCC4)n2C)c1C. The van der Waals surface area contributed by atoms with E-state index in [9.17, 15) is 10.1 Å². The predicted molar refractivity (Wildman–Crippen MR) is 126 cm³/mol. The topological polar surface area (TPSA) is 92.8 Å². The van der Waals surface area contributed by atoms with Gasteiger partial charge in [-0.25, -0.2) is 0 Å². The molecule has 0 fully saturated rings. The zero-order chi connectivity index (χ0) is 22.7. The van der Waals surface area contributed by atoms with Gasteiger partial charge in [-0.3, -0.25) is 4.79 Å². The number of anilines is 1. The number of nitrogens with one attached hydrogen (secondary N) is 1. The van der Waals surface area contributed by atoms with E-state index in [-0.39, 0.29) is 11.7 Å². The van der Waals surface area contributed by atoms with Gasteiger partial charge in [0.1, 0.15) is 23.4 Å². The van der Waals surface area contributed by atoms with Crippen molar-refractivity contribution in [1.82, 2.24) is 14.8 Å². The van der Waals surface area contributed by atoms with Crippen LogP contribution < -0.4 is 10.1 Å². The van der Waals surface area contributed by atoms with Gasteiger partial charge in [-0.05, 0) is 62.3 Å². The number of aryl methyl sites for hydroxylation is 2. The molecule has 0 saturated carbocycles. The van der Waals surface area contributed by atoms with Crippen LogP contribution in [0.4, 0.5) is 5.00 Å². The fourth-order valence-corrected chi connectivity index (χ4v) is 5.67. The molecule has 0 bridgehead atoms.